The Bertz CT molecular complexity index is 550. The summed E-state index contributed by atoms with van der Waals surface area (Å²) < 4.78 is 7.27. The van der Waals surface area contributed by atoms with Crippen LogP contribution in [0, 0.1) is 0 Å². The molecule has 1 aromatic carbocycles. The van der Waals surface area contributed by atoms with Gasteiger partial charge in [-0.1, -0.05) is 47.0 Å². The number of ether oxygens (including phenoxy) is 1. The van der Waals surface area contributed by atoms with Gasteiger partial charge < -0.3 is 15.6 Å². The molecule has 0 aliphatic heterocycles. The van der Waals surface area contributed by atoms with Gasteiger partial charge in [-0.2, -0.15) is 0 Å². The molecule has 0 aliphatic carbocycles. The third kappa shape index (κ3) is 4.55. The van der Waals surface area contributed by atoms with E-state index in [9.17, 15) is 5.11 Å². The largest absolute Gasteiger partial charge is 0.489 e. The highest BCUT2D eigenvalue weighted by atomic mass is 32.2. The summed E-state index contributed by atoms with van der Waals surface area (Å²) in [5, 5.41) is 17.9. The average molecular weight is 329 g/mol. The van der Waals surface area contributed by atoms with E-state index in [2.05, 4.69) is 10.2 Å². The molecule has 1 unspecified atom stereocenters. The summed E-state index contributed by atoms with van der Waals surface area (Å²) in [4.78, 5) is 0. The molecule has 0 fully saturated rings. The van der Waals surface area contributed by atoms with E-state index in [1.165, 1.54) is 23.1 Å². The highest BCUT2D eigenvalue weighted by Gasteiger charge is 2.10. The number of aliphatic hydroxyl groups excluding tert-OH is 1. The molecule has 2 rings (SSSR count). The van der Waals surface area contributed by atoms with E-state index in [0.717, 1.165) is 8.68 Å². The van der Waals surface area contributed by atoms with E-state index >= 15 is 0 Å². The Hall–Kier alpha value is -0.960. The molecule has 0 aliphatic rings. The van der Waals surface area contributed by atoms with Crippen LogP contribution in [-0.4, -0.2) is 40.0 Å². The Morgan fingerprint density at radius 3 is 2.80 bits per heavy atom. The summed E-state index contributed by atoms with van der Waals surface area (Å²) >= 11 is 4.56. The maximum atomic E-state index is 9.89. The molecular weight excluding hydrogens is 314 g/mol. The van der Waals surface area contributed by atoms with E-state index in [1.807, 2.05) is 18.4 Å². The van der Waals surface area contributed by atoms with Crippen LogP contribution < -0.4 is 10.5 Å². The first kappa shape index (κ1) is 15.4. The highest BCUT2D eigenvalue weighted by Crippen LogP contribution is 2.28. The van der Waals surface area contributed by atoms with Gasteiger partial charge in [0.25, 0.3) is 0 Å². The maximum absolute atomic E-state index is 9.89. The Kier molecular flexibility index (Phi) is 5.96. The summed E-state index contributed by atoms with van der Waals surface area (Å²) in [6, 6.07) is 7.23. The number of hydrogen-bond donors (Lipinski definition) is 2. The fourth-order valence-corrected chi connectivity index (χ4v) is 3.72. The lowest BCUT2D eigenvalue weighted by atomic mass is 10.3. The van der Waals surface area contributed by atoms with Crippen LogP contribution in [0.3, 0.4) is 0 Å². The molecule has 20 heavy (non-hydrogen) atoms. The number of nitrogen functional groups attached to an aromatic ring is 1. The van der Waals surface area contributed by atoms with Crippen molar-refractivity contribution in [3.05, 3.63) is 24.3 Å². The lowest BCUT2D eigenvalue weighted by Crippen LogP contribution is -2.20. The fourth-order valence-electron chi connectivity index (χ4n) is 1.35. The molecule has 0 radical (unpaired) electrons. The van der Waals surface area contributed by atoms with E-state index in [-0.39, 0.29) is 6.61 Å². The minimum Gasteiger partial charge on any atom is -0.489 e. The molecule has 1 atom stereocenters. The van der Waals surface area contributed by atoms with E-state index in [4.69, 9.17) is 10.5 Å². The zero-order valence-corrected chi connectivity index (χ0v) is 13.3. The van der Waals surface area contributed by atoms with Crippen LogP contribution in [0.4, 0.5) is 5.69 Å². The topological polar surface area (TPSA) is 81.3 Å². The van der Waals surface area contributed by atoms with Gasteiger partial charge in [0.2, 0.25) is 0 Å². The van der Waals surface area contributed by atoms with Gasteiger partial charge in [-0.05, 0) is 18.4 Å². The van der Waals surface area contributed by atoms with Crippen LogP contribution in [-0.2, 0) is 0 Å². The summed E-state index contributed by atoms with van der Waals surface area (Å²) in [5.41, 5.74) is 6.33. The normalized spacial score (nSPS) is 12.3. The Morgan fingerprint density at radius 1 is 1.35 bits per heavy atom. The second-order valence-electron chi connectivity index (χ2n) is 3.85. The first-order valence-electron chi connectivity index (χ1n) is 5.84. The van der Waals surface area contributed by atoms with Gasteiger partial charge in [0.15, 0.2) is 8.68 Å². The van der Waals surface area contributed by atoms with Crippen molar-refractivity contribution < 1.29 is 9.84 Å². The van der Waals surface area contributed by atoms with Gasteiger partial charge in [0, 0.05) is 5.75 Å². The van der Waals surface area contributed by atoms with E-state index in [1.54, 1.807) is 23.9 Å². The zero-order valence-electron chi connectivity index (χ0n) is 10.9. The lowest BCUT2D eigenvalue weighted by Gasteiger charge is -2.12. The molecule has 0 bridgehead atoms. The fraction of sp³-hybridized carbons (Fsp3) is 0.333. The summed E-state index contributed by atoms with van der Waals surface area (Å²) in [6.07, 6.45) is 1.38. The number of para-hydroxylation sites is 2. The van der Waals surface area contributed by atoms with Crippen molar-refractivity contribution in [1.29, 1.82) is 0 Å². The Balaban J connectivity index is 1.75. The predicted octanol–water partition coefficient (Wildman–Crippen LogP) is 2.37. The quantitative estimate of drug-likeness (QED) is 0.596. The minimum atomic E-state index is -0.582. The number of nitrogens with zero attached hydrogens (tertiary/aromatic N) is 2. The predicted molar refractivity (Wildman–Crippen MR) is 84.8 cm³/mol. The van der Waals surface area contributed by atoms with Gasteiger partial charge in [0.05, 0.1) is 11.8 Å². The SMILES string of the molecule is CSc1nnc(SCC(O)COc2ccccc2N)s1. The molecule has 8 heteroatoms. The molecule has 0 amide bonds. The first-order chi connectivity index (χ1) is 9.69. The summed E-state index contributed by atoms with van der Waals surface area (Å²) in [6.45, 7) is 0.204. The third-order valence-corrected chi connectivity index (χ3v) is 5.49. The third-order valence-electron chi connectivity index (χ3n) is 2.31. The number of benzene rings is 1. The number of thioether (sulfide) groups is 2. The average Bonchev–Trinajstić information content (AvgIpc) is 2.92. The number of anilines is 1. The standard InChI is InChI=1S/C12H15N3O2S3/c1-18-11-14-15-12(20-11)19-7-8(16)6-17-10-5-3-2-4-9(10)13/h2-5,8,16H,6-7,13H2,1H3. The van der Waals surface area contributed by atoms with Crippen LogP contribution in [0.15, 0.2) is 32.9 Å². The lowest BCUT2D eigenvalue weighted by molar-refractivity contribution is 0.127. The molecule has 2 aromatic rings. The van der Waals surface area contributed by atoms with Crippen LogP contribution in [0.25, 0.3) is 0 Å². The monoisotopic (exact) mass is 329 g/mol. The molecule has 0 saturated heterocycles. The van der Waals surface area contributed by atoms with E-state index < -0.39 is 6.10 Å². The Morgan fingerprint density at radius 2 is 2.10 bits per heavy atom. The molecule has 5 nitrogen and oxygen atoms in total. The van der Waals surface area contributed by atoms with Gasteiger partial charge in [-0.3, -0.25) is 0 Å². The second-order valence-corrected chi connectivity index (χ2v) is 7.15. The van der Waals surface area contributed by atoms with Crippen molar-refractivity contribution in [3.63, 3.8) is 0 Å². The van der Waals surface area contributed by atoms with Crippen LogP contribution in [0.1, 0.15) is 0 Å². The molecular formula is C12H15N3O2S3. The molecule has 1 heterocycles. The first-order valence-corrected chi connectivity index (χ1v) is 8.87. The van der Waals surface area contributed by atoms with Crippen molar-refractivity contribution >= 4 is 40.5 Å². The van der Waals surface area contributed by atoms with Crippen molar-refractivity contribution in [2.24, 2.45) is 0 Å². The van der Waals surface area contributed by atoms with Gasteiger partial charge in [0.1, 0.15) is 12.4 Å². The Labute approximate surface area is 129 Å². The van der Waals surface area contributed by atoms with Crippen LogP contribution in [0.2, 0.25) is 0 Å². The number of nitrogens with two attached hydrogens (primary N) is 1. The van der Waals surface area contributed by atoms with Crippen molar-refractivity contribution in [2.75, 3.05) is 24.3 Å². The number of rotatable bonds is 7. The molecule has 0 saturated carbocycles. The molecule has 0 spiro atoms. The van der Waals surface area contributed by atoms with Gasteiger partial charge in [-0.25, -0.2) is 0 Å². The molecule has 1 aromatic heterocycles. The van der Waals surface area contributed by atoms with Crippen LogP contribution in [0.5, 0.6) is 5.75 Å². The van der Waals surface area contributed by atoms with Gasteiger partial charge in [-0.15, -0.1) is 10.2 Å². The van der Waals surface area contributed by atoms with Crippen molar-refractivity contribution in [3.8, 4) is 5.75 Å². The second kappa shape index (κ2) is 7.72. The number of aromatic nitrogens is 2. The maximum Gasteiger partial charge on any atom is 0.175 e. The molecule has 3 N–H and O–H groups in total. The van der Waals surface area contributed by atoms with E-state index in [0.29, 0.717) is 17.2 Å². The molecule has 108 valence electrons. The van der Waals surface area contributed by atoms with Crippen molar-refractivity contribution in [2.45, 2.75) is 14.8 Å². The zero-order chi connectivity index (χ0) is 14.4. The van der Waals surface area contributed by atoms with Gasteiger partial charge >= 0.3 is 0 Å². The van der Waals surface area contributed by atoms with Crippen molar-refractivity contribution in [1.82, 2.24) is 10.2 Å². The number of aliphatic hydroxyl groups is 1. The highest BCUT2D eigenvalue weighted by molar-refractivity contribution is 8.02. The minimum absolute atomic E-state index is 0.204. The summed E-state index contributed by atoms with van der Waals surface area (Å²) in [7, 11) is 0. The smallest absolute Gasteiger partial charge is 0.175 e. The number of hydrogen-bond acceptors (Lipinski definition) is 8. The van der Waals surface area contributed by atoms with Crippen LogP contribution >= 0.6 is 34.9 Å². The summed E-state index contributed by atoms with van der Waals surface area (Å²) in [5.74, 6) is 1.10.